The minimum atomic E-state index is -0.373. The second-order valence-corrected chi connectivity index (χ2v) is 5.03. The SMILES string of the molecule is COc1ccc(CCNC(=O)c2ccc(=O)[nH]n2)cc1NC(C)=O. The molecular formula is C16H18N4O4. The predicted octanol–water partition coefficient (Wildman–Crippen LogP) is 0.709. The van der Waals surface area contributed by atoms with Gasteiger partial charge in [0.05, 0.1) is 12.8 Å². The molecule has 1 aromatic carbocycles. The number of nitrogens with one attached hydrogen (secondary N) is 3. The summed E-state index contributed by atoms with van der Waals surface area (Å²) in [6.07, 6.45) is 0.561. The molecule has 0 unspecified atom stereocenters. The molecule has 2 rings (SSSR count). The molecule has 2 amide bonds. The molecule has 0 radical (unpaired) electrons. The Labute approximate surface area is 138 Å². The maximum Gasteiger partial charge on any atom is 0.271 e. The Kier molecular flexibility index (Phi) is 5.67. The number of H-pyrrole nitrogens is 1. The van der Waals surface area contributed by atoms with Crippen LogP contribution in [-0.2, 0) is 11.2 Å². The van der Waals surface area contributed by atoms with Crippen molar-refractivity contribution in [3.05, 3.63) is 51.9 Å². The van der Waals surface area contributed by atoms with Crippen LogP contribution < -0.4 is 20.9 Å². The average molecular weight is 330 g/mol. The van der Waals surface area contributed by atoms with Gasteiger partial charge in [-0.2, -0.15) is 5.10 Å². The van der Waals surface area contributed by atoms with Crippen molar-refractivity contribution in [2.45, 2.75) is 13.3 Å². The normalized spacial score (nSPS) is 10.1. The van der Waals surface area contributed by atoms with E-state index in [4.69, 9.17) is 4.74 Å². The van der Waals surface area contributed by atoms with Gasteiger partial charge in [0.25, 0.3) is 11.5 Å². The van der Waals surface area contributed by atoms with Crippen LogP contribution in [0.3, 0.4) is 0 Å². The molecule has 0 spiro atoms. The summed E-state index contributed by atoms with van der Waals surface area (Å²) in [4.78, 5) is 34.0. The van der Waals surface area contributed by atoms with Gasteiger partial charge in [-0.15, -0.1) is 0 Å². The fourth-order valence-corrected chi connectivity index (χ4v) is 2.08. The van der Waals surface area contributed by atoms with E-state index in [1.807, 2.05) is 6.07 Å². The van der Waals surface area contributed by atoms with Crippen LogP contribution in [0.15, 0.2) is 35.1 Å². The van der Waals surface area contributed by atoms with E-state index in [0.717, 1.165) is 5.56 Å². The maximum absolute atomic E-state index is 11.9. The van der Waals surface area contributed by atoms with Crippen LogP contribution >= 0.6 is 0 Å². The molecule has 8 heteroatoms. The van der Waals surface area contributed by atoms with Crippen LogP contribution in [-0.4, -0.2) is 35.7 Å². The molecule has 1 heterocycles. The number of anilines is 1. The number of rotatable bonds is 6. The highest BCUT2D eigenvalue weighted by Gasteiger charge is 2.08. The van der Waals surface area contributed by atoms with E-state index >= 15 is 0 Å². The Balaban J connectivity index is 1.96. The van der Waals surface area contributed by atoms with E-state index in [0.29, 0.717) is 24.4 Å². The highest BCUT2D eigenvalue weighted by Crippen LogP contribution is 2.25. The Bertz CT molecular complexity index is 780. The number of hydrogen-bond donors (Lipinski definition) is 3. The second-order valence-electron chi connectivity index (χ2n) is 5.03. The summed E-state index contributed by atoms with van der Waals surface area (Å²) in [6.45, 7) is 1.80. The molecular weight excluding hydrogens is 312 g/mol. The minimum Gasteiger partial charge on any atom is -0.495 e. The van der Waals surface area contributed by atoms with Crippen LogP contribution in [0.2, 0.25) is 0 Å². The fourth-order valence-electron chi connectivity index (χ4n) is 2.08. The Morgan fingerprint density at radius 1 is 1.25 bits per heavy atom. The van der Waals surface area contributed by atoms with Gasteiger partial charge in [-0.3, -0.25) is 14.4 Å². The van der Waals surface area contributed by atoms with E-state index < -0.39 is 0 Å². The highest BCUT2D eigenvalue weighted by atomic mass is 16.5. The monoisotopic (exact) mass is 330 g/mol. The number of carbonyl (C=O) groups excluding carboxylic acids is 2. The lowest BCUT2D eigenvalue weighted by Crippen LogP contribution is -2.27. The van der Waals surface area contributed by atoms with E-state index in [-0.39, 0.29) is 23.1 Å². The first-order valence-electron chi connectivity index (χ1n) is 7.28. The van der Waals surface area contributed by atoms with Crippen molar-refractivity contribution in [1.82, 2.24) is 15.5 Å². The molecule has 2 aromatic rings. The third-order valence-electron chi connectivity index (χ3n) is 3.19. The fraction of sp³-hybridized carbons (Fsp3) is 0.250. The molecule has 0 fully saturated rings. The summed E-state index contributed by atoms with van der Waals surface area (Å²) in [6, 6.07) is 8.01. The molecule has 0 aliphatic rings. The predicted molar refractivity (Wildman–Crippen MR) is 88.2 cm³/mol. The van der Waals surface area contributed by atoms with Crippen molar-refractivity contribution in [3.63, 3.8) is 0 Å². The summed E-state index contributed by atoms with van der Waals surface area (Å²) in [7, 11) is 1.53. The van der Waals surface area contributed by atoms with Gasteiger partial charge in [0.1, 0.15) is 11.4 Å². The van der Waals surface area contributed by atoms with Gasteiger partial charge in [0.15, 0.2) is 0 Å². The lowest BCUT2D eigenvalue weighted by molar-refractivity contribution is -0.114. The largest absolute Gasteiger partial charge is 0.495 e. The number of amides is 2. The van der Waals surface area contributed by atoms with E-state index in [2.05, 4.69) is 20.8 Å². The number of aromatic amines is 1. The van der Waals surface area contributed by atoms with Gasteiger partial charge < -0.3 is 15.4 Å². The third-order valence-corrected chi connectivity index (χ3v) is 3.19. The van der Waals surface area contributed by atoms with Crippen molar-refractivity contribution in [2.24, 2.45) is 0 Å². The Morgan fingerprint density at radius 2 is 2.04 bits per heavy atom. The molecule has 8 nitrogen and oxygen atoms in total. The van der Waals surface area contributed by atoms with E-state index in [1.165, 1.54) is 26.2 Å². The molecule has 0 saturated carbocycles. The summed E-state index contributed by atoms with van der Waals surface area (Å²) >= 11 is 0. The first-order valence-corrected chi connectivity index (χ1v) is 7.28. The number of nitrogens with zero attached hydrogens (tertiary/aromatic N) is 1. The molecule has 3 N–H and O–H groups in total. The van der Waals surface area contributed by atoms with Crippen LogP contribution in [0.4, 0.5) is 5.69 Å². The molecule has 0 atom stereocenters. The van der Waals surface area contributed by atoms with Crippen LogP contribution in [0.25, 0.3) is 0 Å². The average Bonchev–Trinajstić information content (AvgIpc) is 2.55. The van der Waals surface area contributed by atoms with Gasteiger partial charge in [0, 0.05) is 19.5 Å². The number of methoxy groups -OCH3 is 1. The third kappa shape index (κ3) is 4.67. The molecule has 126 valence electrons. The maximum atomic E-state index is 11.9. The summed E-state index contributed by atoms with van der Waals surface area (Å²) in [5.41, 5.74) is 1.28. The molecule has 0 aliphatic carbocycles. The van der Waals surface area contributed by atoms with Gasteiger partial charge in [-0.1, -0.05) is 6.07 Å². The number of ether oxygens (including phenoxy) is 1. The Morgan fingerprint density at radius 3 is 2.67 bits per heavy atom. The van der Waals surface area contributed by atoms with Gasteiger partial charge in [-0.05, 0) is 30.2 Å². The van der Waals surface area contributed by atoms with Crippen molar-refractivity contribution >= 4 is 17.5 Å². The zero-order valence-corrected chi connectivity index (χ0v) is 13.4. The van der Waals surface area contributed by atoms with Gasteiger partial charge in [-0.25, -0.2) is 5.10 Å². The first-order chi connectivity index (χ1) is 11.5. The molecule has 24 heavy (non-hydrogen) atoms. The number of aromatic nitrogens is 2. The summed E-state index contributed by atoms with van der Waals surface area (Å²) < 4.78 is 5.19. The minimum absolute atomic E-state index is 0.142. The van der Waals surface area contributed by atoms with Crippen LogP contribution in [0.5, 0.6) is 5.75 Å². The topological polar surface area (TPSA) is 113 Å². The first kappa shape index (κ1) is 17.2. The lowest BCUT2D eigenvalue weighted by atomic mass is 10.1. The molecule has 0 saturated heterocycles. The zero-order valence-electron chi connectivity index (χ0n) is 13.4. The quantitative estimate of drug-likeness (QED) is 0.722. The smallest absolute Gasteiger partial charge is 0.271 e. The number of hydrogen-bond acceptors (Lipinski definition) is 5. The van der Waals surface area contributed by atoms with Crippen molar-refractivity contribution in [2.75, 3.05) is 19.0 Å². The Hall–Kier alpha value is -3.16. The lowest BCUT2D eigenvalue weighted by Gasteiger charge is -2.11. The van der Waals surface area contributed by atoms with E-state index in [1.54, 1.807) is 12.1 Å². The van der Waals surface area contributed by atoms with Crippen LogP contribution in [0, 0.1) is 0 Å². The van der Waals surface area contributed by atoms with Crippen molar-refractivity contribution in [3.8, 4) is 5.75 Å². The van der Waals surface area contributed by atoms with Crippen LogP contribution in [0.1, 0.15) is 23.0 Å². The second kappa shape index (κ2) is 7.91. The van der Waals surface area contributed by atoms with Gasteiger partial charge in [0.2, 0.25) is 5.91 Å². The number of carbonyl (C=O) groups is 2. The summed E-state index contributed by atoms with van der Waals surface area (Å²) in [5, 5.41) is 11.3. The van der Waals surface area contributed by atoms with E-state index in [9.17, 15) is 14.4 Å². The standard InChI is InChI=1S/C16H18N4O4/c1-10(21)18-13-9-11(3-5-14(13)24-2)7-8-17-16(23)12-4-6-15(22)20-19-12/h3-6,9H,7-8H2,1-2H3,(H,17,23)(H,18,21)(H,20,22). The van der Waals surface area contributed by atoms with Crippen molar-refractivity contribution in [1.29, 1.82) is 0 Å². The van der Waals surface area contributed by atoms with Gasteiger partial charge >= 0.3 is 0 Å². The molecule has 1 aromatic heterocycles. The zero-order chi connectivity index (χ0) is 17.5. The highest BCUT2D eigenvalue weighted by molar-refractivity contribution is 5.92. The molecule has 0 bridgehead atoms. The summed E-state index contributed by atoms with van der Waals surface area (Å²) in [5.74, 6) is 0.000156. The van der Waals surface area contributed by atoms with Crippen molar-refractivity contribution < 1.29 is 14.3 Å². The molecule has 0 aliphatic heterocycles. The number of benzene rings is 1.